The van der Waals surface area contributed by atoms with E-state index in [4.69, 9.17) is 16.5 Å². The van der Waals surface area contributed by atoms with Crippen molar-refractivity contribution in [2.45, 2.75) is 62.1 Å². The molecule has 33 heavy (non-hydrogen) atoms. The number of hydrogen-bond acceptors (Lipinski definition) is 7. The number of anilines is 1. The predicted octanol–water partition coefficient (Wildman–Crippen LogP) is 4.12. The molecule has 0 saturated heterocycles. The van der Waals surface area contributed by atoms with Crippen LogP contribution in [0.1, 0.15) is 44.9 Å². The molecule has 0 spiro atoms. The lowest BCUT2D eigenvalue weighted by Crippen LogP contribution is -2.25. The van der Waals surface area contributed by atoms with E-state index < -0.39 is 0 Å². The monoisotopic (exact) mass is 463 g/mol. The summed E-state index contributed by atoms with van der Waals surface area (Å²) in [5, 5.41) is -0.270. The Labute approximate surface area is 197 Å². The van der Waals surface area contributed by atoms with Gasteiger partial charge in [-0.2, -0.15) is 0 Å². The Hall–Kier alpha value is -3.20. The SMILES string of the molecule is CCCCc1nc2c(N)nc3cccnc3c2n1CCCCC(Sc1ccncc1)C(N)=O. The van der Waals surface area contributed by atoms with Crippen LogP contribution in [0.15, 0.2) is 47.8 Å². The predicted molar refractivity (Wildman–Crippen MR) is 133 cm³/mol. The summed E-state index contributed by atoms with van der Waals surface area (Å²) in [7, 11) is 0. The minimum absolute atomic E-state index is 0.270. The summed E-state index contributed by atoms with van der Waals surface area (Å²) < 4.78 is 2.24. The molecule has 4 N–H and O–H groups in total. The number of carbonyl (C=O) groups excluding carboxylic acids is 1. The number of amides is 1. The summed E-state index contributed by atoms with van der Waals surface area (Å²) in [5.41, 5.74) is 15.2. The number of nitrogen functional groups attached to an aromatic ring is 1. The molecule has 1 atom stereocenters. The van der Waals surface area contributed by atoms with Crippen LogP contribution < -0.4 is 11.5 Å². The minimum Gasteiger partial charge on any atom is -0.382 e. The molecular weight excluding hydrogens is 434 g/mol. The second kappa shape index (κ2) is 10.6. The lowest BCUT2D eigenvalue weighted by molar-refractivity contribution is -0.117. The maximum Gasteiger partial charge on any atom is 0.230 e. The molecule has 9 heteroatoms. The third-order valence-corrected chi connectivity index (χ3v) is 6.94. The number of carbonyl (C=O) groups is 1. The molecule has 0 aliphatic carbocycles. The lowest BCUT2D eigenvalue weighted by atomic mass is 10.1. The van der Waals surface area contributed by atoms with Gasteiger partial charge in [-0.1, -0.05) is 19.8 Å². The van der Waals surface area contributed by atoms with Crippen LogP contribution >= 0.6 is 11.8 Å². The number of pyridine rings is 3. The van der Waals surface area contributed by atoms with E-state index in [1.54, 1.807) is 18.6 Å². The zero-order chi connectivity index (χ0) is 23.2. The average molecular weight is 464 g/mol. The number of hydrogen-bond donors (Lipinski definition) is 2. The molecule has 0 bridgehead atoms. The molecule has 4 rings (SSSR count). The molecule has 172 valence electrons. The first-order chi connectivity index (χ1) is 16.1. The molecule has 0 radical (unpaired) electrons. The Balaban J connectivity index is 1.54. The fraction of sp³-hybridized carbons (Fsp3) is 0.375. The number of nitrogens with zero attached hydrogens (tertiary/aromatic N) is 5. The van der Waals surface area contributed by atoms with Gasteiger partial charge in [0.05, 0.1) is 10.8 Å². The van der Waals surface area contributed by atoms with Gasteiger partial charge in [0.1, 0.15) is 22.4 Å². The molecule has 0 aromatic carbocycles. The molecule has 1 amide bonds. The van der Waals surface area contributed by atoms with Crippen LogP contribution in [0.25, 0.3) is 22.1 Å². The third kappa shape index (κ3) is 5.24. The Morgan fingerprint density at radius 2 is 1.91 bits per heavy atom. The van der Waals surface area contributed by atoms with Crippen molar-refractivity contribution >= 4 is 45.6 Å². The van der Waals surface area contributed by atoms with Gasteiger partial charge in [-0.05, 0) is 43.5 Å². The van der Waals surface area contributed by atoms with Crippen molar-refractivity contribution in [2.24, 2.45) is 5.73 Å². The van der Waals surface area contributed by atoms with E-state index in [-0.39, 0.29) is 11.2 Å². The van der Waals surface area contributed by atoms with Crippen molar-refractivity contribution in [1.29, 1.82) is 0 Å². The molecule has 1 unspecified atom stereocenters. The molecular formula is C24H29N7OS. The largest absolute Gasteiger partial charge is 0.382 e. The van der Waals surface area contributed by atoms with Gasteiger partial charge in [-0.15, -0.1) is 11.8 Å². The van der Waals surface area contributed by atoms with Crippen LogP contribution in [-0.2, 0) is 17.8 Å². The van der Waals surface area contributed by atoms with Gasteiger partial charge < -0.3 is 16.0 Å². The minimum atomic E-state index is -0.289. The van der Waals surface area contributed by atoms with Crippen LogP contribution in [0, 0.1) is 0 Å². The van der Waals surface area contributed by atoms with E-state index in [0.717, 1.165) is 71.4 Å². The number of nitrogens with two attached hydrogens (primary N) is 2. The first kappa shape index (κ1) is 23.0. The highest BCUT2D eigenvalue weighted by atomic mass is 32.2. The fourth-order valence-corrected chi connectivity index (χ4v) is 4.98. The highest BCUT2D eigenvalue weighted by molar-refractivity contribution is 8.00. The van der Waals surface area contributed by atoms with Gasteiger partial charge >= 0.3 is 0 Å². The molecule has 0 saturated carbocycles. The summed E-state index contributed by atoms with van der Waals surface area (Å²) in [6, 6.07) is 7.59. The third-order valence-electron chi connectivity index (χ3n) is 5.64. The van der Waals surface area contributed by atoms with Crippen molar-refractivity contribution in [3.8, 4) is 0 Å². The Morgan fingerprint density at radius 1 is 1.09 bits per heavy atom. The van der Waals surface area contributed by atoms with E-state index in [1.165, 1.54) is 11.8 Å². The van der Waals surface area contributed by atoms with Crippen LogP contribution in [0.4, 0.5) is 5.82 Å². The Morgan fingerprint density at radius 3 is 2.67 bits per heavy atom. The number of thioether (sulfide) groups is 1. The molecule has 0 aliphatic heterocycles. The number of imidazole rings is 1. The number of rotatable bonds is 11. The molecule has 8 nitrogen and oxygen atoms in total. The fourth-order valence-electron chi connectivity index (χ4n) is 3.98. The topological polar surface area (TPSA) is 126 Å². The Bertz CT molecular complexity index is 1240. The zero-order valence-electron chi connectivity index (χ0n) is 18.8. The van der Waals surface area contributed by atoms with E-state index in [9.17, 15) is 4.79 Å². The van der Waals surface area contributed by atoms with Gasteiger partial charge in [0, 0.05) is 36.5 Å². The van der Waals surface area contributed by atoms with Crippen molar-refractivity contribution in [1.82, 2.24) is 24.5 Å². The second-order valence-electron chi connectivity index (χ2n) is 8.04. The van der Waals surface area contributed by atoms with E-state index >= 15 is 0 Å². The van der Waals surface area contributed by atoms with Crippen LogP contribution in [0.3, 0.4) is 0 Å². The van der Waals surface area contributed by atoms with Crippen LogP contribution in [-0.4, -0.2) is 35.7 Å². The number of aromatic nitrogens is 5. The Kier molecular flexibility index (Phi) is 7.39. The standard InChI is InChI=1S/C24H29N7OS/c1-2-3-9-19-30-21-22(20-17(29-23(21)25)7-6-12-28-20)31(19)15-5-4-8-18(24(26)32)33-16-10-13-27-14-11-16/h6-7,10-14,18H,2-5,8-9,15H2,1H3,(H2,25,29)(H2,26,32). The molecule has 0 fully saturated rings. The summed E-state index contributed by atoms with van der Waals surface area (Å²) in [6.45, 7) is 2.94. The maximum atomic E-state index is 12.0. The van der Waals surface area contributed by atoms with Crippen molar-refractivity contribution in [3.05, 3.63) is 48.7 Å². The van der Waals surface area contributed by atoms with Gasteiger partial charge in [0.2, 0.25) is 5.91 Å². The average Bonchev–Trinajstić information content (AvgIpc) is 3.19. The molecule has 4 aromatic rings. The number of unbranched alkanes of at least 4 members (excludes halogenated alkanes) is 2. The van der Waals surface area contributed by atoms with Gasteiger partial charge in [-0.3, -0.25) is 14.8 Å². The van der Waals surface area contributed by atoms with E-state index in [2.05, 4.69) is 26.4 Å². The van der Waals surface area contributed by atoms with Crippen LogP contribution in [0.2, 0.25) is 0 Å². The number of primary amides is 1. The summed E-state index contributed by atoms with van der Waals surface area (Å²) in [4.78, 5) is 31.0. The van der Waals surface area contributed by atoms with E-state index in [1.807, 2.05) is 24.3 Å². The van der Waals surface area contributed by atoms with Gasteiger partial charge in [0.25, 0.3) is 0 Å². The van der Waals surface area contributed by atoms with E-state index in [0.29, 0.717) is 12.2 Å². The number of fused-ring (bicyclic) bond motifs is 3. The second-order valence-corrected chi connectivity index (χ2v) is 9.31. The zero-order valence-corrected chi connectivity index (χ0v) is 19.6. The summed E-state index contributed by atoms with van der Waals surface area (Å²) in [6.07, 6.45) is 10.7. The summed E-state index contributed by atoms with van der Waals surface area (Å²) in [5.74, 6) is 1.16. The van der Waals surface area contributed by atoms with Crippen molar-refractivity contribution < 1.29 is 4.79 Å². The quantitative estimate of drug-likeness (QED) is 0.253. The first-order valence-corrected chi connectivity index (χ1v) is 12.2. The highest BCUT2D eigenvalue weighted by Crippen LogP contribution is 2.29. The smallest absolute Gasteiger partial charge is 0.230 e. The lowest BCUT2D eigenvalue weighted by Gasteiger charge is -2.14. The molecule has 4 heterocycles. The number of aryl methyl sites for hydroxylation is 2. The molecule has 4 aromatic heterocycles. The van der Waals surface area contributed by atoms with Gasteiger partial charge in [0.15, 0.2) is 5.82 Å². The first-order valence-electron chi connectivity index (χ1n) is 11.3. The van der Waals surface area contributed by atoms with Crippen LogP contribution in [0.5, 0.6) is 0 Å². The van der Waals surface area contributed by atoms with Gasteiger partial charge in [-0.25, -0.2) is 9.97 Å². The maximum absolute atomic E-state index is 12.0. The normalized spacial score (nSPS) is 12.4. The van der Waals surface area contributed by atoms with Crippen molar-refractivity contribution in [2.75, 3.05) is 5.73 Å². The highest BCUT2D eigenvalue weighted by Gasteiger charge is 2.19. The summed E-state index contributed by atoms with van der Waals surface area (Å²) >= 11 is 1.50. The molecule has 0 aliphatic rings. The van der Waals surface area contributed by atoms with Crippen molar-refractivity contribution in [3.63, 3.8) is 0 Å².